The number of rotatable bonds is 9. The smallest absolute Gasteiger partial charge is 0.314 e. The molecule has 4 aromatic carbocycles. The number of carbonyl (C=O) groups is 2. The van der Waals surface area contributed by atoms with Crippen LogP contribution in [-0.4, -0.2) is 42.0 Å². The molecule has 0 fully saturated rings. The zero-order chi connectivity index (χ0) is 29.6. The molecule has 5 rings (SSSR count). The van der Waals surface area contributed by atoms with Crippen molar-refractivity contribution >= 4 is 17.6 Å². The van der Waals surface area contributed by atoms with Crippen LogP contribution in [0.2, 0.25) is 0 Å². The lowest BCUT2D eigenvalue weighted by atomic mass is 9.74. The SMILES string of the molecule is CCOC(=O)C(c1ccccc1)C(c1ccc(OC)cc1)c1cccc2c1CCN(C(=O)c1ccc([N+](=O)[O-])cc1)C2. The van der Waals surface area contributed by atoms with E-state index in [9.17, 15) is 19.7 Å². The number of ether oxygens (including phenoxy) is 2. The Balaban J connectivity index is 1.55. The Morgan fingerprint density at radius 2 is 1.62 bits per heavy atom. The predicted molar refractivity (Wildman–Crippen MR) is 159 cm³/mol. The van der Waals surface area contributed by atoms with Crippen molar-refractivity contribution < 1.29 is 24.0 Å². The van der Waals surface area contributed by atoms with Crippen molar-refractivity contribution in [1.29, 1.82) is 0 Å². The van der Waals surface area contributed by atoms with Gasteiger partial charge < -0.3 is 14.4 Å². The van der Waals surface area contributed by atoms with Crippen molar-refractivity contribution in [3.05, 3.63) is 141 Å². The topological polar surface area (TPSA) is 99.0 Å². The lowest BCUT2D eigenvalue weighted by molar-refractivity contribution is -0.384. The average molecular weight is 565 g/mol. The van der Waals surface area contributed by atoms with Crippen LogP contribution in [0.3, 0.4) is 0 Å². The van der Waals surface area contributed by atoms with Gasteiger partial charge in [-0.05, 0) is 65.4 Å². The highest BCUT2D eigenvalue weighted by atomic mass is 16.6. The maximum absolute atomic E-state index is 13.6. The highest BCUT2D eigenvalue weighted by Gasteiger charge is 2.36. The quantitative estimate of drug-likeness (QED) is 0.135. The van der Waals surface area contributed by atoms with Gasteiger partial charge in [-0.25, -0.2) is 0 Å². The van der Waals surface area contributed by atoms with Gasteiger partial charge in [0, 0.05) is 36.7 Å². The van der Waals surface area contributed by atoms with Gasteiger partial charge in [-0.3, -0.25) is 19.7 Å². The molecule has 0 bridgehead atoms. The number of amides is 1. The summed E-state index contributed by atoms with van der Waals surface area (Å²) in [5.74, 6) is -0.690. The summed E-state index contributed by atoms with van der Waals surface area (Å²) < 4.78 is 11.0. The molecule has 214 valence electrons. The predicted octanol–water partition coefficient (Wildman–Crippen LogP) is 6.28. The standard InChI is InChI=1S/C34H32N2O6/c1-3-42-34(38)32(23-8-5-4-6-9-23)31(24-14-18-28(41-2)19-15-24)30-11-7-10-26-22-35(21-20-29(26)30)33(37)25-12-16-27(17-13-25)36(39)40/h4-19,31-32H,3,20-22H2,1-2H3. The third-order valence-corrected chi connectivity index (χ3v) is 7.76. The van der Waals surface area contributed by atoms with Gasteiger partial charge in [-0.2, -0.15) is 0 Å². The van der Waals surface area contributed by atoms with Crippen molar-refractivity contribution in [1.82, 2.24) is 4.90 Å². The summed E-state index contributed by atoms with van der Waals surface area (Å²) in [7, 11) is 1.62. The first-order valence-electron chi connectivity index (χ1n) is 13.9. The summed E-state index contributed by atoms with van der Waals surface area (Å²) in [5, 5.41) is 11.0. The summed E-state index contributed by atoms with van der Waals surface area (Å²) >= 11 is 0. The molecule has 2 unspecified atom stereocenters. The molecule has 4 aromatic rings. The fourth-order valence-corrected chi connectivity index (χ4v) is 5.73. The Kier molecular flexibility index (Phi) is 8.62. The summed E-state index contributed by atoms with van der Waals surface area (Å²) in [4.78, 5) is 39.3. The van der Waals surface area contributed by atoms with Gasteiger partial charge in [-0.15, -0.1) is 0 Å². The van der Waals surface area contributed by atoms with Crippen molar-refractivity contribution in [2.24, 2.45) is 0 Å². The molecule has 42 heavy (non-hydrogen) atoms. The molecule has 8 nitrogen and oxygen atoms in total. The first kappa shape index (κ1) is 28.5. The number of nitro benzene ring substituents is 1. The van der Waals surface area contributed by atoms with Crippen LogP contribution >= 0.6 is 0 Å². The number of benzene rings is 4. The third kappa shape index (κ3) is 5.88. The maximum atomic E-state index is 13.6. The minimum Gasteiger partial charge on any atom is -0.497 e. The third-order valence-electron chi connectivity index (χ3n) is 7.76. The first-order valence-corrected chi connectivity index (χ1v) is 13.9. The van der Waals surface area contributed by atoms with Crippen LogP contribution < -0.4 is 4.74 Å². The van der Waals surface area contributed by atoms with Gasteiger partial charge in [0.15, 0.2) is 0 Å². The zero-order valence-corrected chi connectivity index (χ0v) is 23.6. The summed E-state index contributed by atoms with van der Waals surface area (Å²) in [6, 6.07) is 29.2. The van der Waals surface area contributed by atoms with E-state index in [-0.39, 0.29) is 30.1 Å². The highest BCUT2D eigenvalue weighted by molar-refractivity contribution is 5.94. The van der Waals surface area contributed by atoms with Crippen LogP contribution in [0.4, 0.5) is 5.69 Å². The van der Waals surface area contributed by atoms with Gasteiger partial charge in [0.05, 0.1) is 24.6 Å². The molecule has 0 N–H and O–H groups in total. The number of methoxy groups -OCH3 is 1. The van der Waals surface area contributed by atoms with Crippen molar-refractivity contribution in [2.45, 2.75) is 31.7 Å². The molecule has 0 aromatic heterocycles. The van der Waals surface area contributed by atoms with Gasteiger partial charge in [0.2, 0.25) is 0 Å². The van der Waals surface area contributed by atoms with Crippen molar-refractivity contribution in [2.75, 3.05) is 20.3 Å². The summed E-state index contributed by atoms with van der Waals surface area (Å²) in [5.41, 5.74) is 5.29. The number of esters is 1. The molecule has 0 saturated heterocycles. The molecule has 2 atom stereocenters. The van der Waals surface area contributed by atoms with Gasteiger partial charge in [0.1, 0.15) is 5.75 Å². The molecule has 1 aliphatic rings. The minimum absolute atomic E-state index is 0.0562. The lowest BCUT2D eigenvalue weighted by Gasteiger charge is -2.34. The van der Waals surface area contributed by atoms with Crippen LogP contribution in [-0.2, 0) is 22.5 Å². The number of non-ortho nitro benzene ring substituents is 1. The highest BCUT2D eigenvalue weighted by Crippen LogP contribution is 2.43. The molecule has 1 aliphatic heterocycles. The number of nitrogens with zero attached hydrogens (tertiary/aromatic N) is 2. The summed E-state index contributed by atoms with van der Waals surface area (Å²) in [6.45, 7) is 2.95. The van der Waals surface area contributed by atoms with Crippen molar-refractivity contribution in [3.8, 4) is 5.75 Å². The van der Waals surface area contributed by atoms with Crippen molar-refractivity contribution in [3.63, 3.8) is 0 Å². The summed E-state index contributed by atoms with van der Waals surface area (Å²) in [6.07, 6.45) is 0.598. The number of hydrogen-bond acceptors (Lipinski definition) is 6. The van der Waals surface area contributed by atoms with Crippen LogP contribution in [0.5, 0.6) is 5.75 Å². The Labute approximate surface area is 244 Å². The van der Waals surface area contributed by atoms with Gasteiger partial charge in [0.25, 0.3) is 11.6 Å². The number of hydrogen-bond donors (Lipinski definition) is 0. The Hall–Kier alpha value is -4.98. The fraction of sp³-hybridized carbons (Fsp3) is 0.235. The molecule has 8 heteroatoms. The van der Waals surface area contributed by atoms with E-state index in [2.05, 4.69) is 6.07 Å². The van der Waals surface area contributed by atoms with E-state index >= 15 is 0 Å². The van der Waals surface area contributed by atoms with E-state index in [0.29, 0.717) is 25.1 Å². The molecule has 0 saturated carbocycles. The second-order valence-electron chi connectivity index (χ2n) is 10.2. The Morgan fingerprint density at radius 1 is 0.905 bits per heavy atom. The minimum atomic E-state index is -0.592. The zero-order valence-electron chi connectivity index (χ0n) is 23.6. The molecule has 0 aliphatic carbocycles. The van der Waals surface area contributed by atoms with Crippen LogP contribution in [0.25, 0.3) is 0 Å². The second-order valence-corrected chi connectivity index (χ2v) is 10.2. The van der Waals surface area contributed by atoms with E-state index < -0.39 is 10.8 Å². The second kappa shape index (κ2) is 12.7. The monoisotopic (exact) mass is 564 g/mol. The van der Waals surface area contributed by atoms with Gasteiger partial charge in [-0.1, -0.05) is 60.7 Å². The Morgan fingerprint density at radius 3 is 2.26 bits per heavy atom. The number of carbonyl (C=O) groups excluding carboxylic acids is 2. The maximum Gasteiger partial charge on any atom is 0.314 e. The molecular formula is C34H32N2O6. The number of nitro groups is 1. The van der Waals surface area contributed by atoms with E-state index in [1.54, 1.807) is 12.0 Å². The molecule has 1 heterocycles. The first-order chi connectivity index (χ1) is 20.4. The van der Waals surface area contributed by atoms with E-state index in [1.807, 2.05) is 73.7 Å². The molecule has 0 spiro atoms. The van der Waals surface area contributed by atoms with Gasteiger partial charge >= 0.3 is 5.97 Å². The van der Waals surface area contributed by atoms with E-state index in [0.717, 1.165) is 33.6 Å². The van der Waals surface area contributed by atoms with E-state index in [1.165, 1.54) is 24.3 Å². The average Bonchev–Trinajstić information content (AvgIpc) is 3.03. The van der Waals surface area contributed by atoms with Crippen LogP contribution in [0.1, 0.15) is 56.9 Å². The molecular weight excluding hydrogens is 532 g/mol. The Bertz CT molecular complexity index is 1570. The van der Waals surface area contributed by atoms with E-state index in [4.69, 9.17) is 9.47 Å². The molecule has 1 amide bonds. The largest absolute Gasteiger partial charge is 0.497 e. The van der Waals surface area contributed by atoms with Crippen LogP contribution in [0, 0.1) is 10.1 Å². The lowest BCUT2D eigenvalue weighted by Crippen LogP contribution is -2.37. The fourth-order valence-electron chi connectivity index (χ4n) is 5.73. The number of fused-ring (bicyclic) bond motifs is 1. The molecule has 0 radical (unpaired) electrons. The normalized spacial score (nSPS) is 13.9. The van der Waals surface area contributed by atoms with Crippen LogP contribution in [0.15, 0.2) is 97.1 Å².